The van der Waals surface area contributed by atoms with Crippen LogP contribution in [0.3, 0.4) is 0 Å². The molecule has 0 bridgehead atoms. The lowest BCUT2D eigenvalue weighted by atomic mass is 10.3. The third kappa shape index (κ3) is 13.4. The van der Waals surface area contributed by atoms with E-state index in [0.29, 0.717) is 0 Å². The molecule has 0 aliphatic rings. The second kappa shape index (κ2) is 16.7. The topological polar surface area (TPSA) is 41.6 Å². The van der Waals surface area contributed by atoms with Crippen molar-refractivity contribution in [2.45, 2.75) is 53.4 Å². The lowest BCUT2D eigenvalue weighted by molar-refractivity contribution is 0.296. The zero-order valence-corrected chi connectivity index (χ0v) is 19.3. The van der Waals surface area contributed by atoms with Crippen LogP contribution < -0.4 is 5.32 Å². The van der Waals surface area contributed by atoms with Crippen LogP contribution in [0, 0.1) is 0 Å². The smallest absolute Gasteiger partial charge is 0.0889 e. The maximum absolute atomic E-state index is 13.1. The van der Waals surface area contributed by atoms with E-state index in [1.54, 1.807) is 0 Å². The van der Waals surface area contributed by atoms with Crippen LogP contribution in [0.15, 0.2) is 0 Å². The van der Waals surface area contributed by atoms with Crippen LogP contribution >= 0.6 is 15.3 Å². The van der Waals surface area contributed by atoms with Crippen LogP contribution in [0.2, 0.25) is 0 Å². The first-order valence-corrected chi connectivity index (χ1v) is 14.3. The van der Waals surface area contributed by atoms with Crippen LogP contribution in [0.5, 0.6) is 0 Å². The maximum Gasteiger partial charge on any atom is 0.0889 e. The monoisotopic (exact) mass is 394 g/mol. The number of nitrogens with one attached hydrogen (secondary N) is 1. The Labute approximate surface area is 159 Å². The molecule has 25 heavy (non-hydrogen) atoms. The van der Waals surface area contributed by atoms with Gasteiger partial charge in [0.15, 0.2) is 0 Å². The molecule has 0 saturated heterocycles. The van der Waals surface area contributed by atoms with Gasteiger partial charge in [-0.15, -0.1) is 0 Å². The maximum atomic E-state index is 13.1. The highest BCUT2D eigenvalue weighted by Gasteiger charge is 2.21. The van der Waals surface area contributed by atoms with E-state index in [1.165, 1.54) is 12.6 Å². The van der Waals surface area contributed by atoms with Gasteiger partial charge in [0.2, 0.25) is 0 Å². The number of rotatable bonds is 18. The minimum Gasteiger partial charge on any atom is -0.359 e. The van der Waals surface area contributed by atoms with E-state index in [2.05, 4.69) is 37.9 Å². The minimum absolute atomic E-state index is 0.291. The van der Waals surface area contributed by atoms with Crippen LogP contribution in [-0.2, 0) is 9.09 Å². The summed E-state index contributed by atoms with van der Waals surface area (Å²) in [6.07, 6.45) is 9.55. The zero-order valence-electron chi connectivity index (χ0n) is 17.6. The average Bonchev–Trinajstić information content (AvgIpc) is 2.57. The van der Waals surface area contributed by atoms with Gasteiger partial charge in [-0.2, -0.15) is 0 Å². The molecule has 0 amide bonds. The Morgan fingerprint density at radius 2 is 1.60 bits per heavy atom. The van der Waals surface area contributed by atoms with Gasteiger partial charge in [0.25, 0.3) is 0 Å². The lowest BCUT2D eigenvalue weighted by Crippen LogP contribution is -2.32. The molecule has 152 valence electrons. The number of nitrogens with zero attached hydrogens (tertiary/aromatic N) is 1. The highest BCUT2D eigenvalue weighted by atomic mass is 31.2. The molecule has 0 radical (unpaired) electrons. The van der Waals surface area contributed by atoms with Crippen molar-refractivity contribution >= 4 is 15.3 Å². The average molecular weight is 395 g/mol. The van der Waals surface area contributed by atoms with E-state index in [1.807, 2.05) is 7.05 Å². The van der Waals surface area contributed by atoms with Crippen molar-refractivity contribution in [3.63, 3.8) is 0 Å². The van der Waals surface area contributed by atoms with Crippen molar-refractivity contribution in [2.75, 3.05) is 70.6 Å². The van der Waals surface area contributed by atoms with Crippen molar-refractivity contribution in [1.29, 1.82) is 0 Å². The molecule has 1 N–H and O–H groups in total. The molecule has 0 aromatic carbocycles. The summed E-state index contributed by atoms with van der Waals surface area (Å²) >= 11 is 0. The van der Waals surface area contributed by atoms with Crippen LogP contribution in [0.1, 0.15) is 53.4 Å². The summed E-state index contributed by atoms with van der Waals surface area (Å²) in [5.41, 5.74) is 0. The summed E-state index contributed by atoms with van der Waals surface area (Å²) in [5, 5.41) is 3.24. The van der Waals surface area contributed by atoms with Gasteiger partial charge in [-0.25, -0.2) is 0 Å². The quantitative estimate of drug-likeness (QED) is 0.265. The molecule has 4 nitrogen and oxygen atoms in total. The van der Waals surface area contributed by atoms with Crippen molar-refractivity contribution < 1.29 is 9.09 Å². The van der Waals surface area contributed by atoms with Crippen LogP contribution in [-0.4, -0.2) is 75.5 Å². The Balaban J connectivity index is 4.60. The Bertz CT molecular complexity index is 327. The summed E-state index contributed by atoms with van der Waals surface area (Å²) in [7, 11) is -0.248. The first-order chi connectivity index (χ1) is 12.0. The van der Waals surface area contributed by atoms with E-state index < -0.39 is 7.14 Å². The fourth-order valence-electron chi connectivity index (χ4n) is 3.21. The van der Waals surface area contributed by atoms with Crippen LogP contribution in [0.4, 0.5) is 0 Å². The first kappa shape index (κ1) is 25.5. The Morgan fingerprint density at radius 1 is 0.920 bits per heavy atom. The van der Waals surface area contributed by atoms with Gasteiger partial charge in [-0.05, 0) is 52.5 Å². The molecule has 0 heterocycles. The van der Waals surface area contributed by atoms with Gasteiger partial charge in [0, 0.05) is 52.5 Å². The summed E-state index contributed by atoms with van der Waals surface area (Å²) < 4.78 is 19.1. The van der Waals surface area contributed by atoms with Crippen LogP contribution in [0.25, 0.3) is 0 Å². The normalized spacial score (nSPS) is 13.5. The Morgan fingerprint density at radius 3 is 2.12 bits per heavy atom. The second-order valence-corrected chi connectivity index (χ2v) is 12.4. The minimum atomic E-state index is -1.97. The van der Waals surface area contributed by atoms with Crippen molar-refractivity contribution in [1.82, 2.24) is 10.2 Å². The summed E-state index contributed by atoms with van der Waals surface area (Å²) in [6, 6.07) is 0. The number of hydrogen-bond acceptors (Lipinski definition) is 4. The standard InChI is InChI=1S/C19H44N2O2P2/c1-6-15-24(23-9-4)16-13-21(12-10-11-20-5)14-19-25(22,17-7-2)18-8-3/h20H,6-19H2,1-5H3. The van der Waals surface area contributed by atoms with E-state index in [9.17, 15) is 4.57 Å². The molecule has 0 spiro atoms. The van der Waals surface area contributed by atoms with E-state index in [4.69, 9.17) is 4.52 Å². The predicted molar refractivity (Wildman–Crippen MR) is 116 cm³/mol. The second-order valence-electron chi connectivity index (χ2n) is 6.87. The molecule has 1 atom stereocenters. The van der Waals surface area contributed by atoms with Gasteiger partial charge in [-0.1, -0.05) is 27.2 Å². The van der Waals surface area contributed by atoms with Gasteiger partial charge in [-0.3, -0.25) is 0 Å². The zero-order chi connectivity index (χ0) is 19.0. The predicted octanol–water partition coefficient (Wildman–Crippen LogP) is 4.92. The molecule has 0 fully saturated rings. The molecule has 0 saturated carbocycles. The summed E-state index contributed by atoms with van der Waals surface area (Å²) in [5.74, 6) is 0. The lowest BCUT2D eigenvalue weighted by Gasteiger charge is -2.27. The summed E-state index contributed by atoms with van der Waals surface area (Å²) in [4.78, 5) is 2.54. The molecular weight excluding hydrogens is 350 g/mol. The van der Waals surface area contributed by atoms with Crippen molar-refractivity contribution in [3.05, 3.63) is 0 Å². The fraction of sp³-hybridized carbons (Fsp3) is 1.00. The van der Waals surface area contributed by atoms with Crippen molar-refractivity contribution in [2.24, 2.45) is 0 Å². The van der Waals surface area contributed by atoms with Gasteiger partial charge < -0.3 is 19.3 Å². The Kier molecular flexibility index (Phi) is 17.1. The first-order valence-electron chi connectivity index (χ1n) is 10.4. The third-order valence-corrected chi connectivity index (χ3v) is 10.2. The number of hydrogen-bond donors (Lipinski definition) is 1. The van der Waals surface area contributed by atoms with Gasteiger partial charge in [0.05, 0.1) is 7.14 Å². The third-order valence-electron chi connectivity index (χ3n) is 4.44. The molecule has 0 rings (SSSR count). The largest absolute Gasteiger partial charge is 0.359 e. The molecule has 0 aliphatic heterocycles. The molecule has 0 aromatic rings. The van der Waals surface area contributed by atoms with E-state index in [-0.39, 0.29) is 8.15 Å². The molecule has 0 aromatic heterocycles. The van der Waals surface area contributed by atoms with E-state index >= 15 is 0 Å². The van der Waals surface area contributed by atoms with Crippen molar-refractivity contribution in [3.8, 4) is 0 Å². The Hall–Kier alpha value is 0.540. The fourth-order valence-corrected chi connectivity index (χ4v) is 8.01. The molecule has 0 aliphatic carbocycles. The molecule has 6 heteroatoms. The highest BCUT2D eigenvalue weighted by molar-refractivity contribution is 7.63. The van der Waals surface area contributed by atoms with E-state index in [0.717, 1.165) is 76.7 Å². The van der Waals surface area contributed by atoms with Gasteiger partial charge >= 0.3 is 0 Å². The SMILES string of the molecule is CCCP(CCN(CCCNC)CCP(=O)(CCC)CCC)OCC. The molecule has 1 unspecified atom stereocenters. The molecular formula is C19H44N2O2P2. The highest BCUT2D eigenvalue weighted by Crippen LogP contribution is 2.46. The van der Waals surface area contributed by atoms with Gasteiger partial charge in [0.1, 0.15) is 0 Å². The summed E-state index contributed by atoms with van der Waals surface area (Å²) in [6.45, 7) is 13.7.